The van der Waals surface area contributed by atoms with Crippen molar-refractivity contribution in [3.8, 4) is 11.9 Å². The minimum Gasteiger partial charge on any atom is -0.420 e. The number of carbonyl (C=O) groups excluding carboxylic acids is 1. The Kier molecular flexibility index (Phi) is 3.43. The van der Waals surface area contributed by atoms with Crippen molar-refractivity contribution in [1.29, 1.82) is 5.26 Å². The van der Waals surface area contributed by atoms with Crippen LogP contribution in [-0.4, -0.2) is 16.1 Å². The first-order valence-corrected chi connectivity index (χ1v) is 8.91. The highest BCUT2D eigenvalue weighted by atomic mass is 79.9. The number of aryl methyl sites for hydroxylation is 1. The van der Waals surface area contributed by atoms with Gasteiger partial charge in [-0.2, -0.15) is 5.26 Å². The average molecular weight is 414 g/mol. The fraction of sp³-hybridized carbons (Fsp3) is 0.278. The number of H-pyrrole nitrogens is 1. The third kappa shape index (κ3) is 1.81. The predicted octanol–water partition coefficient (Wildman–Crippen LogP) is 2.93. The molecule has 0 unspecified atom stereocenters. The fourth-order valence-corrected chi connectivity index (χ4v) is 4.40. The summed E-state index contributed by atoms with van der Waals surface area (Å²) in [5, 5.41) is 20.0. The molecule has 1 atom stereocenters. The van der Waals surface area contributed by atoms with Crippen molar-refractivity contribution in [2.45, 2.75) is 32.1 Å². The average Bonchev–Trinajstić information content (AvgIpc) is 3.12. The number of aromatic amines is 1. The zero-order valence-corrected chi connectivity index (χ0v) is 16.0. The highest BCUT2D eigenvalue weighted by Gasteiger charge is 2.59. The molecule has 0 saturated heterocycles. The Morgan fingerprint density at radius 1 is 1.38 bits per heavy atom. The molecule has 4 N–H and O–H groups in total. The molecule has 2 aromatic rings. The van der Waals surface area contributed by atoms with Crippen LogP contribution in [0.4, 0.5) is 5.69 Å². The Morgan fingerprint density at radius 2 is 2.12 bits per heavy atom. The van der Waals surface area contributed by atoms with Crippen LogP contribution in [0.1, 0.15) is 42.1 Å². The monoisotopic (exact) mass is 413 g/mol. The summed E-state index contributed by atoms with van der Waals surface area (Å²) in [4.78, 5) is 13.4. The molecular weight excluding hydrogens is 398 g/mol. The lowest BCUT2D eigenvalue weighted by Gasteiger charge is -2.33. The Morgan fingerprint density at radius 3 is 2.77 bits per heavy atom. The lowest BCUT2D eigenvalue weighted by Crippen LogP contribution is -2.43. The second-order valence-corrected chi connectivity index (χ2v) is 7.54. The number of aromatic nitrogens is 2. The molecular formula is C18H16BrN5O2. The number of hydrogen-bond acceptors (Lipinski definition) is 5. The molecule has 1 amide bonds. The normalized spacial score (nSPS) is 20.7. The van der Waals surface area contributed by atoms with Gasteiger partial charge in [0.2, 0.25) is 17.7 Å². The van der Waals surface area contributed by atoms with Gasteiger partial charge in [0.1, 0.15) is 17.1 Å². The first-order chi connectivity index (χ1) is 12.3. The summed E-state index contributed by atoms with van der Waals surface area (Å²) in [6.45, 7) is 5.89. The molecule has 132 valence electrons. The van der Waals surface area contributed by atoms with E-state index in [1.165, 1.54) is 0 Å². The van der Waals surface area contributed by atoms with Crippen LogP contribution in [0.25, 0.3) is 0 Å². The number of amides is 1. The number of nitriles is 1. The Hall–Kier alpha value is -2.79. The van der Waals surface area contributed by atoms with E-state index in [0.29, 0.717) is 16.8 Å². The van der Waals surface area contributed by atoms with Crippen LogP contribution in [-0.2, 0) is 10.2 Å². The Balaban J connectivity index is 2.21. The predicted molar refractivity (Wildman–Crippen MR) is 98.4 cm³/mol. The highest BCUT2D eigenvalue weighted by molar-refractivity contribution is 9.10. The van der Waals surface area contributed by atoms with Gasteiger partial charge in [-0.1, -0.05) is 35.8 Å². The van der Waals surface area contributed by atoms with Gasteiger partial charge in [-0.15, -0.1) is 5.10 Å². The van der Waals surface area contributed by atoms with E-state index in [-0.39, 0.29) is 29.2 Å². The Labute approximate surface area is 158 Å². The molecule has 0 fully saturated rings. The lowest BCUT2D eigenvalue weighted by atomic mass is 9.68. The number of carbonyl (C=O) groups is 1. The largest absolute Gasteiger partial charge is 0.420 e. The molecule has 0 aliphatic carbocycles. The molecule has 0 saturated carbocycles. The van der Waals surface area contributed by atoms with Crippen molar-refractivity contribution in [2.24, 2.45) is 5.73 Å². The van der Waals surface area contributed by atoms with Gasteiger partial charge in [0, 0.05) is 21.4 Å². The molecule has 0 radical (unpaired) electrons. The number of ether oxygens (including phenoxy) is 1. The van der Waals surface area contributed by atoms with Gasteiger partial charge in [-0.25, -0.2) is 0 Å². The van der Waals surface area contributed by atoms with Crippen molar-refractivity contribution in [3.05, 3.63) is 50.4 Å². The zero-order chi connectivity index (χ0) is 18.8. The van der Waals surface area contributed by atoms with Gasteiger partial charge in [-0.05, 0) is 24.5 Å². The summed E-state index contributed by atoms with van der Waals surface area (Å²) in [6.07, 6.45) is 0. The molecule has 1 aromatic heterocycles. The minimum absolute atomic E-state index is 0.0337. The van der Waals surface area contributed by atoms with Crippen molar-refractivity contribution >= 4 is 27.5 Å². The number of hydrogen-bond donors (Lipinski definition) is 3. The molecule has 2 aliphatic heterocycles. The van der Waals surface area contributed by atoms with Crippen LogP contribution in [0.2, 0.25) is 0 Å². The zero-order valence-electron chi connectivity index (χ0n) is 14.4. The quantitative estimate of drug-likeness (QED) is 0.664. The summed E-state index contributed by atoms with van der Waals surface area (Å²) in [6, 6.07) is 5.84. The number of benzene rings is 1. The van der Waals surface area contributed by atoms with E-state index in [1.807, 2.05) is 32.9 Å². The lowest BCUT2D eigenvalue weighted by molar-refractivity contribution is -0.118. The summed E-state index contributed by atoms with van der Waals surface area (Å²) < 4.78 is 6.33. The fourth-order valence-electron chi connectivity index (χ4n) is 3.75. The number of nitrogens with one attached hydrogen (secondary N) is 2. The first kappa shape index (κ1) is 16.7. The van der Waals surface area contributed by atoms with E-state index >= 15 is 0 Å². The van der Waals surface area contributed by atoms with Crippen LogP contribution in [0.3, 0.4) is 0 Å². The van der Waals surface area contributed by atoms with Gasteiger partial charge in [0.15, 0.2) is 0 Å². The van der Waals surface area contributed by atoms with Crippen molar-refractivity contribution < 1.29 is 9.53 Å². The molecule has 1 aromatic carbocycles. The SMILES string of the molecule is Cc1ccc2c(c1Br)[C@]1(C(=O)N2)C(C#N)=C(N)Oc2n[nH]c(C(C)C)c21. The first-order valence-electron chi connectivity index (χ1n) is 8.11. The smallest absolute Gasteiger partial charge is 0.245 e. The number of nitrogens with zero attached hydrogens (tertiary/aromatic N) is 2. The van der Waals surface area contributed by atoms with Crippen molar-refractivity contribution in [1.82, 2.24) is 10.2 Å². The van der Waals surface area contributed by atoms with Gasteiger partial charge in [-0.3, -0.25) is 9.89 Å². The maximum Gasteiger partial charge on any atom is 0.245 e. The molecule has 1 spiro atoms. The standard InChI is InChI=1S/C18H16BrN5O2/c1-7(2)14-12-16(24-23-14)26-15(21)9(6-20)18(12)11-10(22-17(18)25)5-4-8(3)13(11)19/h4-5,7H,21H2,1-3H3,(H,22,25)(H,23,24)/t18-/m1/s1. The van der Waals surface area contributed by atoms with E-state index in [9.17, 15) is 10.1 Å². The number of halogens is 1. The summed E-state index contributed by atoms with van der Waals surface area (Å²) >= 11 is 3.61. The number of fused-ring (bicyclic) bond motifs is 4. The number of rotatable bonds is 1. The van der Waals surface area contributed by atoms with Crippen molar-refractivity contribution in [3.63, 3.8) is 0 Å². The summed E-state index contributed by atoms with van der Waals surface area (Å²) in [5.74, 6) is -0.197. The van der Waals surface area contributed by atoms with Gasteiger partial charge < -0.3 is 15.8 Å². The molecule has 0 bridgehead atoms. The van der Waals surface area contributed by atoms with Crippen LogP contribution < -0.4 is 15.8 Å². The summed E-state index contributed by atoms with van der Waals surface area (Å²) in [7, 11) is 0. The topological polar surface area (TPSA) is 117 Å². The van der Waals surface area contributed by atoms with Crippen molar-refractivity contribution in [2.75, 3.05) is 5.32 Å². The summed E-state index contributed by atoms with van der Waals surface area (Å²) in [5.41, 5.74) is 8.22. The molecule has 7 nitrogen and oxygen atoms in total. The van der Waals surface area contributed by atoms with Crippen LogP contribution in [0.5, 0.6) is 5.88 Å². The van der Waals surface area contributed by atoms with E-state index in [1.54, 1.807) is 0 Å². The molecule has 2 aliphatic rings. The number of nitrogens with two attached hydrogens (primary N) is 1. The molecule has 4 rings (SSSR count). The Bertz CT molecular complexity index is 1050. The maximum absolute atomic E-state index is 13.4. The van der Waals surface area contributed by atoms with E-state index in [4.69, 9.17) is 10.5 Å². The van der Waals surface area contributed by atoms with Gasteiger partial charge >= 0.3 is 0 Å². The third-order valence-corrected chi connectivity index (χ3v) is 5.97. The molecule has 26 heavy (non-hydrogen) atoms. The third-order valence-electron chi connectivity index (χ3n) is 4.95. The number of anilines is 1. The second kappa shape index (κ2) is 5.35. The van der Waals surface area contributed by atoms with E-state index < -0.39 is 5.41 Å². The maximum atomic E-state index is 13.4. The highest BCUT2D eigenvalue weighted by Crippen LogP contribution is 2.56. The second-order valence-electron chi connectivity index (χ2n) is 6.75. The van der Waals surface area contributed by atoms with Gasteiger partial charge in [0.25, 0.3) is 0 Å². The van der Waals surface area contributed by atoms with Crippen LogP contribution >= 0.6 is 15.9 Å². The molecule has 3 heterocycles. The van der Waals surface area contributed by atoms with Crippen LogP contribution in [0, 0.1) is 18.3 Å². The van der Waals surface area contributed by atoms with E-state index in [2.05, 4.69) is 37.5 Å². The van der Waals surface area contributed by atoms with Crippen LogP contribution in [0.15, 0.2) is 28.1 Å². The van der Waals surface area contributed by atoms with Gasteiger partial charge in [0.05, 0.1) is 5.56 Å². The van der Waals surface area contributed by atoms with E-state index in [0.717, 1.165) is 15.7 Å². The minimum atomic E-state index is -1.40. The molecule has 8 heteroatoms.